The molecular weight excluding hydrogens is 216 g/mol. The third-order valence-electron chi connectivity index (χ3n) is 3.91. The second-order valence-corrected chi connectivity index (χ2v) is 5.54. The Hall–Kier alpha value is -0.610. The summed E-state index contributed by atoms with van der Waals surface area (Å²) in [7, 11) is 0. The molecule has 0 aliphatic heterocycles. The van der Waals surface area contributed by atoms with Crippen LogP contribution in [-0.4, -0.2) is 31.2 Å². The molecule has 1 fully saturated rings. The first-order valence-electron chi connectivity index (χ1n) is 6.55. The Morgan fingerprint density at radius 1 is 1.59 bits per heavy atom. The van der Waals surface area contributed by atoms with Crippen molar-refractivity contribution >= 4 is 5.91 Å². The normalized spacial score (nSPS) is 28.3. The highest BCUT2D eigenvalue weighted by molar-refractivity contribution is 5.78. The van der Waals surface area contributed by atoms with Gasteiger partial charge in [-0.2, -0.15) is 0 Å². The van der Waals surface area contributed by atoms with E-state index in [1.807, 2.05) is 13.8 Å². The number of hydrogen-bond donors (Lipinski definition) is 2. The molecule has 1 aliphatic rings. The summed E-state index contributed by atoms with van der Waals surface area (Å²) in [5.41, 5.74) is 5.50. The summed E-state index contributed by atoms with van der Waals surface area (Å²) < 4.78 is 5.64. The lowest BCUT2D eigenvalue weighted by molar-refractivity contribution is -0.139. The zero-order valence-corrected chi connectivity index (χ0v) is 11.5. The Bertz CT molecular complexity index is 266. The van der Waals surface area contributed by atoms with E-state index in [1.54, 1.807) is 0 Å². The van der Waals surface area contributed by atoms with Gasteiger partial charge in [0.05, 0.1) is 6.10 Å². The van der Waals surface area contributed by atoms with E-state index >= 15 is 0 Å². The molecule has 3 N–H and O–H groups in total. The Labute approximate surface area is 104 Å². The highest BCUT2D eigenvalue weighted by atomic mass is 16.5. The molecule has 0 heterocycles. The van der Waals surface area contributed by atoms with Crippen LogP contribution in [0.15, 0.2) is 0 Å². The minimum Gasteiger partial charge on any atom is -0.378 e. The zero-order valence-electron chi connectivity index (χ0n) is 11.5. The molecule has 1 rings (SSSR count). The molecule has 0 spiro atoms. The lowest BCUT2D eigenvalue weighted by atomic mass is 9.64. The predicted molar refractivity (Wildman–Crippen MR) is 68.6 cm³/mol. The number of ether oxygens (including phenoxy) is 1. The van der Waals surface area contributed by atoms with Crippen LogP contribution in [-0.2, 0) is 9.53 Å². The van der Waals surface area contributed by atoms with E-state index in [0.29, 0.717) is 6.54 Å². The fourth-order valence-corrected chi connectivity index (χ4v) is 2.31. The fourth-order valence-electron chi connectivity index (χ4n) is 2.31. The van der Waals surface area contributed by atoms with Crippen molar-refractivity contribution < 1.29 is 9.53 Å². The van der Waals surface area contributed by atoms with Crippen molar-refractivity contribution in [2.75, 3.05) is 13.2 Å². The molecular formula is C13H26N2O2. The first-order valence-corrected chi connectivity index (χ1v) is 6.55. The number of amides is 1. The largest absolute Gasteiger partial charge is 0.378 e. The van der Waals surface area contributed by atoms with Gasteiger partial charge in [0.25, 0.3) is 0 Å². The Balaban J connectivity index is 2.42. The summed E-state index contributed by atoms with van der Waals surface area (Å²) in [6.45, 7) is 9.52. The van der Waals surface area contributed by atoms with E-state index in [-0.39, 0.29) is 29.4 Å². The minimum absolute atomic E-state index is 0.00180. The highest BCUT2D eigenvalue weighted by Crippen LogP contribution is 2.42. The average Bonchev–Trinajstić information content (AvgIpc) is 2.27. The van der Waals surface area contributed by atoms with Crippen LogP contribution in [0.1, 0.15) is 40.5 Å². The third-order valence-corrected chi connectivity index (χ3v) is 3.91. The molecule has 4 heteroatoms. The van der Waals surface area contributed by atoms with E-state index < -0.39 is 0 Å². The topological polar surface area (TPSA) is 64.3 Å². The van der Waals surface area contributed by atoms with Crippen molar-refractivity contribution in [2.45, 2.75) is 52.7 Å². The van der Waals surface area contributed by atoms with Gasteiger partial charge in [0.1, 0.15) is 0 Å². The number of carbonyl (C=O) groups is 1. The summed E-state index contributed by atoms with van der Waals surface area (Å²) in [4.78, 5) is 11.9. The van der Waals surface area contributed by atoms with Gasteiger partial charge in [-0.25, -0.2) is 0 Å². The van der Waals surface area contributed by atoms with Crippen LogP contribution in [0.4, 0.5) is 0 Å². The Kier molecular flexibility index (Phi) is 4.95. The van der Waals surface area contributed by atoms with Crippen LogP contribution in [0, 0.1) is 11.3 Å². The minimum atomic E-state index is 0.00180. The SMILES string of the molecule is CCOC1CC(NC(=O)C(C)CCN)C1(C)C. The summed E-state index contributed by atoms with van der Waals surface area (Å²) in [5, 5.41) is 3.11. The quantitative estimate of drug-likeness (QED) is 0.737. The molecule has 0 saturated heterocycles. The van der Waals surface area contributed by atoms with Crippen molar-refractivity contribution in [1.29, 1.82) is 0 Å². The summed E-state index contributed by atoms with van der Waals surface area (Å²) >= 11 is 0. The standard InChI is InChI=1S/C13H26N2O2/c1-5-17-11-8-10(13(11,3)4)15-12(16)9(2)6-7-14/h9-11H,5-8,14H2,1-4H3,(H,15,16). The first kappa shape index (κ1) is 14.5. The van der Waals surface area contributed by atoms with Crippen LogP contribution in [0.2, 0.25) is 0 Å². The maximum Gasteiger partial charge on any atom is 0.223 e. The maximum absolute atomic E-state index is 11.9. The van der Waals surface area contributed by atoms with Gasteiger partial charge in [0.2, 0.25) is 5.91 Å². The Morgan fingerprint density at radius 3 is 2.71 bits per heavy atom. The van der Waals surface area contributed by atoms with Gasteiger partial charge in [-0.1, -0.05) is 20.8 Å². The van der Waals surface area contributed by atoms with Crippen LogP contribution < -0.4 is 11.1 Å². The average molecular weight is 242 g/mol. The van der Waals surface area contributed by atoms with Gasteiger partial charge in [-0.15, -0.1) is 0 Å². The van der Waals surface area contributed by atoms with Gasteiger partial charge in [-0.3, -0.25) is 4.79 Å². The molecule has 0 aromatic carbocycles. The van der Waals surface area contributed by atoms with Crippen molar-refractivity contribution in [2.24, 2.45) is 17.1 Å². The molecule has 1 amide bonds. The van der Waals surface area contributed by atoms with Gasteiger partial charge < -0.3 is 15.8 Å². The monoisotopic (exact) mass is 242 g/mol. The second kappa shape index (κ2) is 5.83. The van der Waals surface area contributed by atoms with Crippen LogP contribution in [0.25, 0.3) is 0 Å². The molecule has 3 unspecified atom stereocenters. The molecule has 3 atom stereocenters. The second-order valence-electron chi connectivity index (χ2n) is 5.54. The zero-order chi connectivity index (χ0) is 13.1. The number of hydrogen-bond acceptors (Lipinski definition) is 3. The van der Waals surface area contributed by atoms with E-state index in [0.717, 1.165) is 19.4 Å². The Morgan fingerprint density at radius 2 is 2.24 bits per heavy atom. The van der Waals surface area contributed by atoms with Crippen molar-refractivity contribution in [3.63, 3.8) is 0 Å². The van der Waals surface area contributed by atoms with E-state index in [9.17, 15) is 4.79 Å². The molecule has 1 aliphatic carbocycles. The van der Waals surface area contributed by atoms with E-state index in [1.165, 1.54) is 0 Å². The maximum atomic E-state index is 11.9. The fraction of sp³-hybridized carbons (Fsp3) is 0.923. The first-order chi connectivity index (χ1) is 7.93. The lowest BCUT2D eigenvalue weighted by Crippen LogP contribution is -2.62. The van der Waals surface area contributed by atoms with Gasteiger partial charge in [0, 0.05) is 24.0 Å². The smallest absolute Gasteiger partial charge is 0.223 e. The number of rotatable bonds is 6. The van der Waals surface area contributed by atoms with Crippen LogP contribution in [0.3, 0.4) is 0 Å². The predicted octanol–water partition coefficient (Wildman–Crippen LogP) is 1.29. The van der Waals surface area contributed by atoms with Gasteiger partial charge >= 0.3 is 0 Å². The van der Waals surface area contributed by atoms with Crippen molar-refractivity contribution in [3.8, 4) is 0 Å². The summed E-state index contributed by atoms with van der Waals surface area (Å²) in [6.07, 6.45) is 1.93. The molecule has 0 aromatic rings. The van der Waals surface area contributed by atoms with Gasteiger partial charge in [-0.05, 0) is 26.3 Å². The molecule has 0 aromatic heterocycles. The highest BCUT2D eigenvalue weighted by Gasteiger charge is 2.49. The molecule has 4 nitrogen and oxygen atoms in total. The molecule has 17 heavy (non-hydrogen) atoms. The molecule has 100 valence electrons. The van der Waals surface area contributed by atoms with Crippen molar-refractivity contribution in [3.05, 3.63) is 0 Å². The molecule has 0 radical (unpaired) electrons. The lowest BCUT2D eigenvalue weighted by Gasteiger charge is -2.51. The van der Waals surface area contributed by atoms with Gasteiger partial charge in [0.15, 0.2) is 0 Å². The number of carbonyl (C=O) groups excluding carboxylic acids is 1. The third kappa shape index (κ3) is 3.19. The molecule has 0 bridgehead atoms. The van der Waals surface area contributed by atoms with E-state index in [4.69, 9.17) is 10.5 Å². The number of nitrogens with one attached hydrogen (secondary N) is 1. The van der Waals surface area contributed by atoms with E-state index in [2.05, 4.69) is 19.2 Å². The van der Waals surface area contributed by atoms with Crippen molar-refractivity contribution in [1.82, 2.24) is 5.32 Å². The summed E-state index contributed by atoms with van der Waals surface area (Å²) in [6, 6.07) is 0.228. The van der Waals surface area contributed by atoms with Crippen LogP contribution in [0.5, 0.6) is 0 Å². The molecule has 1 saturated carbocycles. The van der Waals surface area contributed by atoms with Crippen LogP contribution >= 0.6 is 0 Å². The number of nitrogens with two attached hydrogens (primary N) is 1. The summed E-state index contributed by atoms with van der Waals surface area (Å²) in [5.74, 6) is 0.116.